The summed E-state index contributed by atoms with van der Waals surface area (Å²) in [6, 6.07) is 0. The Morgan fingerprint density at radius 1 is 0.558 bits per heavy atom. The van der Waals surface area contributed by atoms with E-state index in [0.29, 0.717) is 71.0 Å². The number of rotatable bonds is 30. The maximum Gasteiger partial charge on any atom is 0.268 e. The van der Waals surface area contributed by atoms with Crippen molar-refractivity contribution in [1.29, 1.82) is 0 Å². The quantitative estimate of drug-likeness (QED) is 0.0609. The van der Waals surface area contributed by atoms with Gasteiger partial charge >= 0.3 is 0 Å². The molecule has 0 aromatic carbocycles. The summed E-state index contributed by atoms with van der Waals surface area (Å²) >= 11 is 0. The predicted molar refractivity (Wildman–Crippen MR) is 155 cm³/mol. The lowest BCUT2D eigenvalue weighted by Gasteiger charge is -2.30. The Morgan fingerprint density at radius 3 is 1.16 bits per heavy atom. The van der Waals surface area contributed by atoms with Crippen molar-refractivity contribution < 1.29 is 60.6 Å². The fraction of sp³-hybridized carbons (Fsp3) is 1.00. The Morgan fingerprint density at radius 2 is 0.860 bits per heavy atom. The van der Waals surface area contributed by atoms with E-state index < -0.39 is 67.1 Å². The first-order valence-electron chi connectivity index (χ1n) is 14.7. The molecule has 0 aliphatic heterocycles. The Kier molecular flexibility index (Phi) is 24.5. The average Bonchev–Trinajstić information content (AvgIpc) is 2.92. The molecule has 0 saturated heterocycles. The highest BCUT2D eigenvalue weighted by molar-refractivity contribution is 7.46. The van der Waals surface area contributed by atoms with E-state index in [1.165, 1.54) is 13.8 Å². The minimum atomic E-state index is -4.88. The Hall–Kier alpha value is 0.170. The molecule has 0 saturated carbocycles. The van der Waals surface area contributed by atoms with Crippen LogP contribution in [0.5, 0.6) is 0 Å². The van der Waals surface area contributed by atoms with Crippen LogP contribution in [0.25, 0.3) is 0 Å². The maximum atomic E-state index is 12.5. The van der Waals surface area contributed by atoms with Crippen LogP contribution in [-0.2, 0) is 40.8 Å². The fourth-order valence-corrected chi connectivity index (χ4v) is 6.43. The van der Waals surface area contributed by atoms with Crippen molar-refractivity contribution in [2.75, 3.05) is 59.3 Å². The Bertz CT molecular complexity index is 844. The van der Waals surface area contributed by atoms with Crippen LogP contribution in [0.2, 0.25) is 0 Å². The van der Waals surface area contributed by atoms with E-state index in [0.717, 1.165) is 6.42 Å². The molecule has 0 rings (SSSR count). The standard InChI is InChI=1S/C24H56N3O13P3/c1-21(2)40-43(33,34)39-20-24(11-5-8-14-27)19-38-42(31,32)37-18-23(10-4-7-13-26)17-36-41(29,30)35-16-22(15-28)9-3-6-12-25/h21-24,28H,3-20,25-27H2,1-2H3,(H,29,30)(H,31,32)(H,33,34)/p-3. The maximum absolute atomic E-state index is 12.5. The van der Waals surface area contributed by atoms with Crippen LogP contribution >= 0.6 is 23.5 Å². The molecule has 260 valence electrons. The summed E-state index contributed by atoms with van der Waals surface area (Å²) in [5, 5.41) is 9.45. The lowest BCUT2D eigenvalue weighted by Crippen LogP contribution is -2.23. The highest BCUT2D eigenvalue weighted by Crippen LogP contribution is 2.44. The summed E-state index contributed by atoms with van der Waals surface area (Å²) in [6.45, 7) is 2.18. The number of hydrogen-bond donors (Lipinski definition) is 4. The van der Waals surface area contributed by atoms with E-state index in [1.807, 2.05) is 0 Å². The van der Waals surface area contributed by atoms with E-state index in [9.17, 15) is 33.5 Å². The van der Waals surface area contributed by atoms with Gasteiger partial charge in [0, 0.05) is 24.4 Å². The molecule has 43 heavy (non-hydrogen) atoms. The normalized spacial score (nSPS) is 18.6. The highest BCUT2D eigenvalue weighted by Gasteiger charge is 2.22. The number of aliphatic hydroxyl groups excluding tert-OH is 1. The van der Waals surface area contributed by atoms with Crippen LogP contribution < -0.4 is 31.9 Å². The van der Waals surface area contributed by atoms with Gasteiger partial charge in [0.1, 0.15) is 0 Å². The summed E-state index contributed by atoms with van der Waals surface area (Å²) in [6.07, 6.45) is 4.45. The Labute approximate surface area is 256 Å². The van der Waals surface area contributed by atoms with Gasteiger partial charge in [-0.1, -0.05) is 19.3 Å². The molecule has 0 fully saturated rings. The average molecular weight is 685 g/mol. The molecule has 16 nitrogen and oxygen atoms in total. The minimum absolute atomic E-state index is 0.263. The molecule has 19 heteroatoms. The van der Waals surface area contributed by atoms with E-state index in [-0.39, 0.29) is 19.8 Å². The molecule has 0 bridgehead atoms. The first kappa shape index (κ1) is 43.2. The third-order valence-corrected chi connectivity index (χ3v) is 9.15. The van der Waals surface area contributed by atoms with Gasteiger partial charge in [0.2, 0.25) is 0 Å². The van der Waals surface area contributed by atoms with Gasteiger partial charge < -0.3 is 64.1 Å². The van der Waals surface area contributed by atoms with E-state index >= 15 is 0 Å². The molecule has 0 spiro atoms. The van der Waals surface area contributed by atoms with Gasteiger partial charge in [-0.05, 0) is 72.0 Å². The smallest absolute Gasteiger partial charge is 0.268 e. The number of nitrogens with two attached hydrogens (primary N) is 3. The van der Waals surface area contributed by atoms with Crippen LogP contribution in [0.3, 0.4) is 0 Å². The van der Waals surface area contributed by atoms with Gasteiger partial charge in [-0.3, -0.25) is 13.7 Å². The van der Waals surface area contributed by atoms with Gasteiger partial charge in [0.15, 0.2) is 0 Å². The molecule has 0 aliphatic rings. The number of phosphoric ester groups is 3. The first-order chi connectivity index (χ1) is 20.2. The molecular weight excluding hydrogens is 631 g/mol. The molecule has 0 aromatic rings. The highest BCUT2D eigenvalue weighted by atomic mass is 31.2. The molecule has 0 heterocycles. The lowest BCUT2D eigenvalue weighted by atomic mass is 10.0. The summed E-state index contributed by atoms with van der Waals surface area (Å²) in [5.41, 5.74) is 16.5. The van der Waals surface area contributed by atoms with Crippen molar-refractivity contribution in [2.24, 2.45) is 35.0 Å². The first-order valence-corrected chi connectivity index (χ1v) is 19.1. The van der Waals surface area contributed by atoms with Crippen LogP contribution in [0, 0.1) is 17.8 Å². The van der Waals surface area contributed by atoms with Crippen molar-refractivity contribution in [3.8, 4) is 0 Å². The third-order valence-electron chi connectivity index (χ3n) is 6.14. The largest absolute Gasteiger partial charge is 0.756 e. The van der Waals surface area contributed by atoms with Crippen molar-refractivity contribution in [2.45, 2.75) is 77.7 Å². The predicted octanol–water partition coefficient (Wildman–Crippen LogP) is 1.13. The zero-order valence-electron chi connectivity index (χ0n) is 25.5. The molecule has 6 unspecified atom stereocenters. The second-order valence-electron chi connectivity index (χ2n) is 10.6. The van der Waals surface area contributed by atoms with Crippen LogP contribution in [-0.4, -0.2) is 70.5 Å². The molecule has 6 atom stereocenters. The molecular formula is C24H53N3O13P3-3. The third kappa shape index (κ3) is 25.0. The summed E-state index contributed by atoms with van der Waals surface area (Å²) < 4.78 is 66.3. The van der Waals surface area contributed by atoms with Crippen LogP contribution in [0.15, 0.2) is 0 Å². The summed E-state index contributed by atoms with van der Waals surface area (Å²) in [5.74, 6) is -1.69. The monoisotopic (exact) mass is 684 g/mol. The molecule has 0 aromatic heterocycles. The topological polar surface area (TPSA) is 274 Å². The van der Waals surface area contributed by atoms with Gasteiger partial charge in [-0.15, -0.1) is 0 Å². The second kappa shape index (κ2) is 24.4. The second-order valence-corrected chi connectivity index (χ2v) is 14.8. The fourth-order valence-electron chi connectivity index (χ4n) is 3.74. The molecule has 7 N–H and O–H groups in total. The molecule has 0 aliphatic carbocycles. The Balaban J connectivity index is 5.04. The lowest BCUT2D eigenvalue weighted by molar-refractivity contribution is -0.231. The molecule has 0 amide bonds. The van der Waals surface area contributed by atoms with Gasteiger partial charge in [0.05, 0.1) is 39.1 Å². The van der Waals surface area contributed by atoms with E-state index in [2.05, 4.69) is 0 Å². The van der Waals surface area contributed by atoms with Crippen LogP contribution in [0.4, 0.5) is 0 Å². The SMILES string of the molecule is CC(C)OP(=O)([O-])OCC(CCCCN)COP(=O)([O-])OCC(CCCCN)COP(=O)([O-])OCC(CO)CCCCN. The van der Waals surface area contributed by atoms with Gasteiger partial charge in [-0.2, -0.15) is 0 Å². The number of hydrogen-bond acceptors (Lipinski definition) is 16. The van der Waals surface area contributed by atoms with E-state index in [1.54, 1.807) is 0 Å². The minimum Gasteiger partial charge on any atom is -0.756 e. The summed E-state index contributed by atoms with van der Waals surface area (Å²) in [7, 11) is -14.2. The molecule has 0 radical (unpaired) electrons. The number of phosphoric acid groups is 3. The number of unbranched alkanes of at least 4 members (excludes halogenated alkanes) is 3. The van der Waals surface area contributed by atoms with Crippen molar-refractivity contribution in [1.82, 2.24) is 0 Å². The number of aliphatic hydroxyl groups is 1. The van der Waals surface area contributed by atoms with Gasteiger partial charge in [-0.25, -0.2) is 0 Å². The van der Waals surface area contributed by atoms with E-state index in [4.69, 9.17) is 44.3 Å². The van der Waals surface area contributed by atoms with Crippen LogP contribution in [0.1, 0.15) is 71.6 Å². The van der Waals surface area contributed by atoms with Crippen molar-refractivity contribution >= 4 is 23.5 Å². The van der Waals surface area contributed by atoms with Crippen molar-refractivity contribution in [3.63, 3.8) is 0 Å². The van der Waals surface area contributed by atoms with Crippen molar-refractivity contribution in [3.05, 3.63) is 0 Å². The van der Waals surface area contributed by atoms with Gasteiger partial charge in [0.25, 0.3) is 23.5 Å². The summed E-state index contributed by atoms with van der Waals surface area (Å²) in [4.78, 5) is 36.7. The zero-order chi connectivity index (χ0) is 32.8. The zero-order valence-corrected chi connectivity index (χ0v) is 28.1.